The topological polar surface area (TPSA) is 21.3 Å². The number of aromatic nitrogens is 1. The van der Waals surface area contributed by atoms with E-state index in [4.69, 9.17) is 4.42 Å². The van der Waals surface area contributed by atoms with Crippen LogP contribution in [0.2, 0.25) is 0 Å². The van der Waals surface area contributed by atoms with Crippen molar-refractivity contribution in [1.29, 1.82) is 0 Å². The number of hydrogen-bond acceptors (Lipinski definition) is 2. The Morgan fingerprint density at radius 1 is 0.349 bits per heavy atom. The van der Waals surface area contributed by atoms with Crippen molar-refractivity contribution < 1.29 is 4.42 Å². The Bertz CT molecular complexity index is 3780. The Morgan fingerprint density at radius 3 is 1.48 bits per heavy atom. The third-order valence-corrected chi connectivity index (χ3v) is 12.9. The molecule has 3 nitrogen and oxygen atoms in total. The SMILES string of the molecule is c1ccc2cc(N(c3ccc4ccccc4c3)c3cccc4oc5c6ccccc6c(-c6ccc(-c7ccc(-n8c9ccccc9c9ccccc98)cc7)cc6)cc5c34)ccc2c1. The Labute approximate surface area is 363 Å². The maximum atomic E-state index is 6.89. The Balaban J connectivity index is 0.945. The van der Waals surface area contributed by atoms with Gasteiger partial charge in [0.15, 0.2) is 0 Å². The van der Waals surface area contributed by atoms with Crippen molar-refractivity contribution in [3.8, 4) is 27.9 Å². The number of fused-ring (bicyclic) bond motifs is 10. The molecule has 0 spiro atoms. The highest BCUT2D eigenvalue weighted by atomic mass is 16.3. The number of nitrogens with zero attached hydrogens (tertiary/aromatic N) is 2. The molecule has 2 heterocycles. The molecule has 0 amide bonds. The molecule has 0 unspecified atom stereocenters. The van der Waals surface area contributed by atoms with Gasteiger partial charge in [0.05, 0.1) is 22.1 Å². The molecular weight excluding hydrogens is 765 g/mol. The lowest BCUT2D eigenvalue weighted by atomic mass is 9.93. The van der Waals surface area contributed by atoms with Crippen LogP contribution < -0.4 is 4.90 Å². The number of furan rings is 1. The van der Waals surface area contributed by atoms with Crippen LogP contribution in [0.25, 0.3) is 104 Å². The Kier molecular flexibility index (Phi) is 7.91. The van der Waals surface area contributed by atoms with Crippen molar-refractivity contribution >= 4 is 93.1 Å². The van der Waals surface area contributed by atoms with Gasteiger partial charge in [0.25, 0.3) is 0 Å². The zero-order chi connectivity index (χ0) is 41.4. The second kappa shape index (κ2) is 14.1. The van der Waals surface area contributed by atoms with Gasteiger partial charge >= 0.3 is 0 Å². The molecule has 0 aliphatic carbocycles. The third-order valence-electron chi connectivity index (χ3n) is 12.9. The normalized spacial score (nSPS) is 11.8. The van der Waals surface area contributed by atoms with Crippen molar-refractivity contribution in [3.05, 3.63) is 231 Å². The summed E-state index contributed by atoms with van der Waals surface area (Å²) in [6, 6.07) is 83.5. The van der Waals surface area contributed by atoms with E-state index >= 15 is 0 Å². The molecule has 13 rings (SSSR count). The first-order valence-corrected chi connectivity index (χ1v) is 21.6. The molecule has 0 saturated carbocycles. The highest BCUT2D eigenvalue weighted by molar-refractivity contribution is 6.22. The first-order valence-electron chi connectivity index (χ1n) is 21.6. The van der Waals surface area contributed by atoms with E-state index in [1.165, 1.54) is 60.0 Å². The summed E-state index contributed by atoms with van der Waals surface area (Å²) in [6.07, 6.45) is 0. The summed E-state index contributed by atoms with van der Waals surface area (Å²) in [5.74, 6) is 0. The summed E-state index contributed by atoms with van der Waals surface area (Å²) in [5.41, 5.74) is 13.3. The minimum Gasteiger partial charge on any atom is -0.455 e. The van der Waals surface area contributed by atoms with Crippen LogP contribution >= 0.6 is 0 Å². The average Bonchev–Trinajstić information content (AvgIpc) is 3.90. The number of hydrogen-bond donors (Lipinski definition) is 0. The van der Waals surface area contributed by atoms with E-state index in [9.17, 15) is 0 Å². The molecule has 0 bridgehead atoms. The highest BCUT2D eigenvalue weighted by Crippen LogP contribution is 2.47. The summed E-state index contributed by atoms with van der Waals surface area (Å²) in [5, 5.41) is 11.8. The van der Waals surface area contributed by atoms with Gasteiger partial charge < -0.3 is 13.9 Å². The predicted molar refractivity (Wildman–Crippen MR) is 266 cm³/mol. The quantitative estimate of drug-likeness (QED) is 0.167. The van der Waals surface area contributed by atoms with Gasteiger partial charge in [-0.2, -0.15) is 0 Å². The maximum absolute atomic E-state index is 6.89. The largest absolute Gasteiger partial charge is 0.455 e. The van der Waals surface area contributed by atoms with Gasteiger partial charge in [0.2, 0.25) is 0 Å². The van der Waals surface area contributed by atoms with Crippen LogP contribution in [0.5, 0.6) is 0 Å². The molecular formula is C60H38N2O. The van der Waals surface area contributed by atoms with Crippen molar-refractivity contribution in [2.45, 2.75) is 0 Å². The lowest BCUT2D eigenvalue weighted by molar-refractivity contribution is 0.672. The smallest absolute Gasteiger partial charge is 0.143 e. The van der Waals surface area contributed by atoms with Crippen molar-refractivity contribution in [3.63, 3.8) is 0 Å². The lowest BCUT2D eigenvalue weighted by Gasteiger charge is -2.27. The fraction of sp³-hybridized carbons (Fsp3) is 0. The first-order chi connectivity index (χ1) is 31.2. The van der Waals surface area contributed by atoms with Gasteiger partial charge in [-0.3, -0.25) is 0 Å². The molecule has 294 valence electrons. The van der Waals surface area contributed by atoms with E-state index in [0.717, 1.165) is 61.0 Å². The number of rotatable bonds is 6. The second-order valence-electron chi connectivity index (χ2n) is 16.5. The Hall–Kier alpha value is -8.40. The van der Waals surface area contributed by atoms with Gasteiger partial charge in [0, 0.05) is 38.6 Å². The van der Waals surface area contributed by atoms with Gasteiger partial charge in [-0.15, -0.1) is 0 Å². The van der Waals surface area contributed by atoms with E-state index < -0.39 is 0 Å². The van der Waals surface area contributed by atoms with Crippen LogP contribution in [0.1, 0.15) is 0 Å². The molecule has 11 aromatic carbocycles. The van der Waals surface area contributed by atoms with Crippen LogP contribution in [0.4, 0.5) is 17.1 Å². The van der Waals surface area contributed by atoms with Gasteiger partial charge in [-0.05, 0) is 116 Å². The molecule has 0 fully saturated rings. The standard InChI is InChI=1S/C60H38N2O/c1-3-14-44-36-47(34-30-39(44)12-1)61(48-35-31-40-13-2-4-15-45(40)37-48)57-22-11-23-58-59(57)54-38-53(49-16-5-6-19-52(49)60(54)63-58)43-26-24-41(25-27-43)42-28-32-46(33-29-42)62-55-20-9-7-17-50(55)51-18-8-10-21-56(51)62/h1-38H. The van der Waals surface area contributed by atoms with E-state index in [1.807, 2.05) is 0 Å². The van der Waals surface area contributed by atoms with Gasteiger partial charge in [-0.25, -0.2) is 0 Å². The lowest BCUT2D eigenvalue weighted by Crippen LogP contribution is -2.10. The summed E-state index contributed by atoms with van der Waals surface area (Å²) < 4.78 is 9.26. The van der Waals surface area contributed by atoms with E-state index in [1.54, 1.807) is 0 Å². The fourth-order valence-corrected chi connectivity index (χ4v) is 9.96. The molecule has 13 aromatic rings. The van der Waals surface area contributed by atoms with E-state index in [0.29, 0.717) is 0 Å². The van der Waals surface area contributed by atoms with Crippen molar-refractivity contribution in [2.75, 3.05) is 4.90 Å². The molecule has 2 aromatic heterocycles. The molecule has 0 aliphatic rings. The molecule has 0 atom stereocenters. The number of anilines is 3. The molecule has 0 aliphatic heterocycles. The minimum atomic E-state index is 0.857. The number of benzene rings is 11. The molecule has 0 N–H and O–H groups in total. The molecule has 0 saturated heterocycles. The van der Waals surface area contributed by atoms with E-state index in [2.05, 4.69) is 240 Å². The third kappa shape index (κ3) is 5.67. The van der Waals surface area contributed by atoms with Crippen LogP contribution in [0.15, 0.2) is 235 Å². The molecule has 63 heavy (non-hydrogen) atoms. The zero-order valence-electron chi connectivity index (χ0n) is 34.2. The summed E-state index contributed by atoms with van der Waals surface area (Å²) in [6.45, 7) is 0. The highest BCUT2D eigenvalue weighted by Gasteiger charge is 2.22. The summed E-state index contributed by atoms with van der Waals surface area (Å²) in [7, 11) is 0. The van der Waals surface area contributed by atoms with E-state index in [-0.39, 0.29) is 0 Å². The molecule has 0 radical (unpaired) electrons. The first kappa shape index (κ1) is 35.4. The Morgan fingerprint density at radius 2 is 0.857 bits per heavy atom. The maximum Gasteiger partial charge on any atom is 0.143 e. The predicted octanol–water partition coefficient (Wildman–Crippen LogP) is 16.9. The van der Waals surface area contributed by atoms with Crippen molar-refractivity contribution in [2.24, 2.45) is 0 Å². The summed E-state index contributed by atoms with van der Waals surface area (Å²) in [4.78, 5) is 2.40. The monoisotopic (exact) mass is 802 g/mol. The molecule has 3 heteroatoms. The van der Waals surface area contributed by atoms with Crippen LogP contribution in [0.3, 0.4) is 0 Å². The average molecular weight is 803 g/mol. The van der Waals surface area contributed by atoms with Crippen molar-refractivity contribution in [1.82, 2.24) is 4.57 Å². The fourth-order valence-electron chi connectivity index (χ4n) is 9.96. The second-order valence-corrected chi connectivity index (χ2v) is 16.5. The van der Waals surface area contributed by atoms with Crippen LogP contribution in [-0.2, 0) is 0 Å². The zero-order valence-corrected chi connectivity index (χ0v) is 34.2. The summed E-state index contributed by atoms with van der Waals surface area (Å²) >= 11 is 0. The van der Waals surface area contributed by atoms with Gasteiger partial charge in [0.1, 0.15) is 11.2 Å². The van der Waals surface area contributed by atoms with Crippen LogP contribution in [0, 0.1) is 0 Å². The van der Waals surface area contributed by atoms with Crippen LogP contribution in [-0.4, -0.2) is 4.57 Å². The van der Waals surface area contributed by atoms with Gasteiger partial charge in [-0.1, -0.05) is 164 Å². The minimum absolute atomic E-state index is 0.857. The number of para-hydroxylation sites is 2.